The number of carboxylic acid groups (broad SMARTS) is 1. The molecule has 0 fully saturated rings. The minimum atomic E-state index is -4.90. The number of rotatable bonds is 4. The second-order valence-electron chi connectivity index (χ2n) is 1.78. The van der Waals surface area contributed by atoms with E-state index >= 15 is 0 Å². The summed E-state index contributed by atoms with van der Waals surface area (Å²) in [5.41, 5.74) is 4.72. The molecule has 5 N–H and O–H groups in total. The summed E-state index contributed by atoms with van der Waals surface area (Å²) in [5, 5.41) is 16.7. The molecule has 9 heteroatoms. The van der Waals surface area contributed by atoms with Gasteiger partial charge in [-0.15, -0.1) is 0 Å². The molecule has 0 aliphatic rings. The van der Waals surface area contributed by atoms with Crippen LogP contribution in [0.5, 0.6) is 0 Å². The fourth-order valence-corrected chi connectivity index (χ4v) is 0.675. The molecule has 0 aromatic carbocycles. The molecule has 0 rings (SSSR count). The lowest BCUT2D eigenvalue weighted by atomic mass is 10.3. The van der Waals surface area contributed by atoms with Crippen molar-refractivity contribution in [2.45, 2.75) is 12.3 Å². The quantitative estimate of drug-likeness (QED) is 0.289. The van der Waals surface area contributed by atoms with Crippen LogP contribution in [0.4, 0.5) is 0 Å². The monoisotopic (exact) mass is 201 g/mol. The molecule has 0 spiro atoms. The third kappa shape index (κ3) is 4.20. The molecule has 0 radical (unpaired) electrons. The zero-order chi connectivity index (χ0) is 9.94. The van der Waals surface area contributed by atoms with Gasteiger partial charge in [0.15, 0.2) is 6.04 Å². The van der Waals surface area contributed by atoms with Gasteiger partial charge in [0.05, 0.1) is 0 Å². The molecule has 0 aromatic heterocycles. The summed E-state index contributed by atoms with van der Waals surface area (Å²) in [6, 6.07) is -1.94. The van der Waals surface area contributed by atoms with Crippen molar-refractivity contribution in [1.29, 1.82) is 0 Å². The van der Waals surface area contributed by atoms with Gasteiger partial charge < -0.3 is 15.9 Å². The minimum Gasteiger partial charge on any atom is -0.480 e. The molecular weight excluding hydrogens is 194 g/mol. The first-order valence-electron chi connectivity index (χ1n) is 2.56. The van der Waals surface area contributed by atoms with Crippen molar-refractivity contribution >= 4 is 16.4 Å². The van der Waals surface area contributed by atoms with Gasteiger partial charge in [0.2, 0.25) is 6.29 Å². The number of carbonyl (C=O) groups is 1. The van der Waals surface area contributed by atoms with Crippen molar-refractivity contribution < 1.29 is 32.2 Å². The zero-order valence-corrected chi connectivity index (χ0v) is 6.43. The highest BCUT2D eigenvalue weighted by Gasteiger charge is 2.26. The maximum absolute atomic E-state index is 9.99. The summed E-state index contributed by atoms with van der Waals surface area (Å²) < 4.78 is 31.2. The molecule has 12 heavy (non-hydrogen) atoms. The first kappa shape index (κ1) is 11.3. The highest BCUT2D eigenvalue weighted by atomic mass is 32.3. The van der Waals surface area contributed by atoms with E-state index in [0.717, 1.165) is 0 Å². The maximum Gasteiger partial charge on any atom is 0.399 e. The largest absolute Gasteiger partial charge is 0.480 e. The highest BCUT2D eigenvalue weighted by Crippen LogP contribution is 1.97. The van der Waals surface area contributed by atoms with Crippen molar-refractivity contribution in [3.8, 4) is 0 Å². The number of aliphatic hydroxyl groups is 1. The van der Waals surface area contributed by atoms with Crippen molar-refractivity contribution in [3.63, 3.8) is 0 Å². The number of hydrogen-bond acceptors (Lipinski definition) is 6. The summed E-state index contributed by atoms with van der Waals surface area (Å²) >= 11 is 0. The van der Waals surface area contributed by atoms with E-state index in [9.17, 15) is 13.2 Å². The first-order chi connectivity index (χ1) is 5.24. The van der Waals surface area contributed by atoms with Gasteiger partial charge >= 0.3 is 16.4 Å². The van der Waals surface area contributed by atoms with Gasteiger partial charge in [0.1, 0.15) is 0 Å². The van der Waals surface area contributed by atoms with Gasteiger partial charge in [-0.25, -0.2) is 4.18 Å². The van der Waals surface area contributed by atoms with E-state index < -0.39 is 28.7 Å². The summed E-state index contributed by atoms with van der Waals surface area (Å²) in [7, 11) is -4.90. The van der Waals surface area contributed by atoms with Crippen molar-refractivity contribution in [2.75, 3.05) is 0 Å². The van der Waals surface area contributed by atoms with Crippen LogP contribution in [0, 0.1) is 0 Å². The standard InChI is InChI=1S/C3H7NO7S/c4-1(2(5)6)3(7)11-12(8,9)10/h1,3,7H,4H2,(H,5,6)(H,8,9,10). The maximum atomic E-state index is 9.99. The molecule has 0 aliphatic carbocycles. The second kappa shape index (κ2) is 3.78. The van der Waals surface area contributed by atoms with Gasteiger partial charge in [-0.2, -0.15) is 8.42 Å². The Morgan fingerprint density at radius 1 is 1.50 bits per heavy atom. The van der Waals surface area contributed by atoms with Crippen LogP contribution in [0.1, 0.15) is 0 Å². The summed E-state index contributed by atoms with van der Waals surface area (Å²) in [5.74, 6) is -1.66. The molecule has 0 heterocycles. The van der Waals surface area contributed by atoms with Crippen LogP contribution in [0.15, 0.2) is 0 Å². The van der Waals surface area contributed by atoms with Gasteiger partial charge in [0.25, 0.3) is 0 Å². The zero-order valence-electron chi connectivity index (χ0n) is 5.61. The van der Waals surface area contributed by atoms with Gasteiger partial charge in [-0.1, -0.05) is 0 Å². The SMILES string of the molecule is NC(C(=O)O)C(O)OS(=O)(=O)O. The van der Waals surface area contributed by atoms with Gasteiger partial charge in [-0.05, 0) is 0 Å². The smallest absolute Gasteiger partial charge is 0.399 e. The Kier molecular flexibility index (Phi) is 3.55. The van der Waals surface area contributed by atoms with E-state index in [2.05, 4.69) is 4.18 Å². The first-order valence-corrected chi connectivity index (χ1v) is 3.92. The van der Waals surface area contributed by atoms with Gasteiger partial charge in [0, 0.05) is 0 Å². The molecule has 0 amide bonds. The highest BCUT2D eigenvalue weighted by molar-refractivity contribution is 7.80. The lowest BCUT2D eigenvalue weighted by Gasteiger charge is -2.12. The van der Waals surface area contributed by atoms with Crippen LogP contribution in [-0.4, -0.2) is 41.5 Å². The Balaban J connectivity index is 4.23. The summed E-state index contributed by atoms with van der Waals surface area (Å²) in [4.78, 5) is 9.99. The predicted octanol–water partition coefficient (Wildman–Crippen LogP) is -2.46. The van der Waals surface area contributed by atoms with Crippen LogP contribution >= 0.6 is 0 Å². The molecule has 0 saturated heterocycles. The third-order valence-corrected chi connectivity index (χ3v) is 1.25. The Bertz CT molecular complexity index is 258. The fraction of sp³-hybridized carbons (Fsp3) is 0.667. The van der Waals surface area contributed by atoms with Crippen LogP contribution in [0.3, 0.4) is 0 Å². The minimum absolute atomic E-state index is 1.66. The Labute approximate surface area is 67.5 Å². The Morgan fingerprint density at radius 3 is 2.17 bits per heavy atom. The number of hydrogen-bond donors (Lipinski definition) is 4. The van der Waals surface area contributed by atoms with E-state index in [1.807, 2.05) is 0 Å². The summed E-state index contributed by atoms with van der Waals surface area (Å²) in [6.45, 7) is 0. The van der Waals surface area contributed by atoms with E-state index in [0.29, 0.717) is 0 Å². The van der Waals surface area contributed by atoms with Crippen molar-refractivity contribution in [3.05, 3.63) is 0 Å². The average Bonchev–Trinajstić information content (AvgIpc) is 1.82. The van der Waals surface area contributed by atoms with Crippen molar-refractivity contribution in [2.24, 2.45) is 5.73 Å². The number of aliphatic carboxylic acids is 1. The normalized spacial score (nSPS) is 16.9. The van der Waals surface area contributed by atoms with Crippen LogP contribution in [0.25, 0.3) is 0 Å². The number of aliphatic hydroxyl groups excluding tert-OH is 1. The van der Waals surface area contributed by atoms with Crippen molar-refractivity contribution in [1.82, 2.24) is 0 Å². The van der Waals surface area contributed by atoms with E-state index in [-0.39, 0.29) is 0 Å². The number of nitrogens with two attached hydrogens (primary N) is 1. The topological polar surface area (TPSA) is 147 Å². The molecule has 0 aliphatic heterocycles. The number of carboxylic acids is 1. The fourth-order valence-electron chi connectivity index (χ4n) is 0.306. The lowest BCUT2D eigenvalue weighted by Crippen LogP contribution is -2.44. The molecule has 2 unspecified atom stereocenters. The van der Waals surface area contributed by atoms with E-state index in [4.69, 9.17) is 20.5 Å². The molecule has 0 saturated carbocycles. The Hall–Kier alpha value is -0.740. The third-order valence-electron chi connectivity index (χ3n) is 0.813. The lowest BCUT2D eigenvalue weighted by molar-refractivity contribution is -0.147. The Morgan fingerprint density at radius 2 is 1.92 bits per heavy atom. The van der Waals surface area contributed by atoms with Crippen LogP contribution in [-0.2, 0) is 19.4 Å². The van der Waals surface area contributed by atoms with E-state index in [1.165, 1.54) is 0 Å². The molecule has 2 atom stereocenters. The van der Waals surface area contributed by atoms with Gasteiger partial charge in [-0.3, -0.25) is 9.35 Å². The predicted molar refractivity (Wildman–Crippen MR) is 34.3 cm³/mol. The molecule has 0 aromatic rings. The van der Waals surface area contributed by atoms with Crippen LogP contribution in [0.2, 0.25) is 0 Å². The molecule has 0 bridgehead atoms. The molecule has 8 nitrogen and oxygen atoms in total. The summed E-state index contributed by atoms with van der Waals surface area (Å²) in [6.07, 6.45) is -2.31. The average molecular weight is 201 g/mol. The second-order valence-corrected chi connectivity index (χ2v) is 2.83. The van der Waals surface area contributed by atoms with E-state index in [1.54, 1.807) is 0 Å². The van der Waals surface area contributed by atoms with Crippen LogP contribution < -0.4 is 5.73 Å². The molecular formula is C3H7NO7S. The molecule has 72 valence electrons.